The minimum absolute atomic E-state index is 0.0813. The highest BCUT2D eigenvalue weighted by Crippen LogP contribution is 2.30. The van der Waals surface area contributed by atoms with E-state index >= 15 is 0 Å². The number of hydrogen-bond donors (Lipinski definition) is 1. The summed E-state index contributed by atoms with van der Waals surface area (Å²) < 4.78 is 0. The Morgan fingerprint density at radius 3 is 2.89 bits per heavy atom. The van der Waals surface area contributed by atoms with Gasteiger partial charge < -0.3 is 5.32 Å². The van der Waals surface area contributed by atoms with Gasteiger partial charge in [-0.25, -0.2) is 0 Å². The fraction of sp³-hybridized carbons (Fsp3) is 0.571. The molecule has 1 aliphatic heterocycles. The molecule has 2 atom stereocenters. The topological polar surface area (TPSA) is 58.4 Å². The summed E-state index contributed by atoms with van der Waals surface area (Å²) in [5, 5.41) is 14.4. The molecule has 104 valence electrons. The first kappa shape index (κ1) is 14.0. The quantitative estimate of drug-likeness (QED) is 0.669. The van der Waals surface area contributed by atoms with E-state index in [9.17, 15) is 10.1 Å². The Labute approximate surface area is 113 Å². The molecule has 19 heavy (non-hydrogen) atoms. The first-order chi connectivity index (χ1) is 9.13. The fourth-order valence-electron chi connectivity index (χ4n) is 2.80. The van der Waals surface area contributed by atoms with Crippen LogP contribution in [-0.4, -0.2) is 36.0 Å². The van der Waals surface area contributed by atoms with Crippen LogP contribution >= 0.6 is 0 Å². The van der Waals surface area contributed by atoms with E-state index in [0.29, 0.717) is 6.04 Å². The summed E-state index contributed by atoms with van der Waals surface area (Å²) in [6.45, 7) is 4.01. The number of nitro groups is 1. The zero-order valence-electron chi connectivity index (χ0n) is 11.5. The molecule has 2 unspecified atom stereocenters. The number of likely N-dealkylation sites (N-methyl/N-ethyl adjacent to an activating group) is 1. The van der Waals surface area contributed by atoms with Crippen LogP contribution in [0.1, 0.15) is 31.4 Å². The molecule has 1 fully saturated rings. The van der Waals surface area contributed by atoms with E-state index in [0.717, 1.165) is 25.1 Å². The van der Waals surface area contributed by atoms with Crippen LogP contribution in [0.25, 0.3) is 0 Å². The van der Waals surface area contributed by atoms with Gasteiger partial charge in [0.15, 0.2) is 0 Å². The van der Waals surface area contributed by atoms with E-state index in [1.54, 1.807) is 12.1 Å². The van der Waals surface area contributed by atoms with Crippen molar-refractivity contribution < 1.29 is 4.92 Å². The van der Waals surface area contributed by atoms with Gasteiger partial charge in [-0.1, -0.05) is 18.2 Å². The second-order valence-electron chi connectivity index (χ2n) is 5.11. The second kappa shape index (κ2) is 6.12. The van der Waals surface area contributed by atoms with Crippen molar-refractivity contribution in [2.24, 2.45) is 0 Å². The van der Waals surface area contributed by atoms with Crippen molar-refractivity contribution in [3.63, 3.8) is 0 Å². The van der Waals surface area contributed by atoms with Gasteiger partial charge in [0.05, 0.1) is 4.92 Å². The molecule has 0 bridgehead atoms. The van der Waals surface area contributed by atoms with Crippen LogP contribution < -0.4 is 5.32 Å². The predicted molar refractivity (Wildman–Crippen MR) is 75.2 cm³/mol. The molecule has 1 aromatic rings. The van der Waals surface area contributed by atoms with Gasteiger partial charge in [-0.15, -0.1) is 0 Å². The van der Waals surface area contributed by atoms with Crippen molar-refractivity contribution in [1.82, 2.24) is 10.2 Å². The summed E-state index contributed by atoms with van der Waals surface area (Å²) >= 11 is 0. The predicted octanol–water partition coefficient (Wildman–Crippen LogP) is 2.34. The SMILES string of the molecule is CNC1CCCN(C(C)c2ccccc2[N+](=O)[O-])C1. The lowest BCUT2D eigenvalue weighted by atomic mass is 9.99. The number of rotatable bonds is 4. The van der Waals surface area contributed by atoms with Crippen molar-refractivity contribution >= 4 is 5.69 Å². The van der Waals surface area contributed by atoms with Gasteiger partial charge in [0, 0.05) is 30.3 Å². The Hall–Kier alpha value is -1.46. The highest BCUT2D eigenvalue weighted by atomic mass is 16.6. The van der Waals surface area contributed by atoms with Crippen molar-refractivity contribution in [2.45, 2.75) is 31.8 Å². The summed E-state index contributed by atoms with van der Waals surface area (Å²) in [5.74, 6) is 0. The molecule has 0 radical (unpaired) electrons. The number of nitrogens with one attached hydrogen (secondary N) is 1. The Kier molecular flexibility index (Phi) is 4.50. The summed E-state index contributed by atoms with van der Waals surface area (Å²) in [6.07, 6.45) is 2.31. The zero-order valence-corrected chi connectivity index (χ0v) is 11.5. The molecular weight excluding hydrogens is 242 g/mol. The van der Waals surface area contributed by atoms with Crippen LogP contribution in [0, 0.1) is 10.1 Å². The van der Waals surface area contributed by atoms with Gasteiger partial charge in [0.25, 0.3) is 5.69 Å². The number of nitrogens with zero attached hydrogens (tertiary/aromatic N) is 2. The normalized spacial score (nSPS) is 22.1. The molecule has 0 aromatic heterocycles. The Morgan fingerprint density at radius 1 is 1.47 bits per heavy atom. The Morgan fingerprint density at radius 2 is 2.21 bits per heavy atom. The van der Waals surface area contributed by atoms with Crippen LogP contribution in [0.4, 0.5) is 5.69 Å². The van der Waals surface area contributed by atoms with Crippen molar-refractivity contribution in [2.75, 3.05) is 20.1 Å². The summed E-state index contributed by atoms with van der Waals surface area (Å²) in [5.41, 5.74) is 1.03. The van der Waals surface area contributed by atoms with Crippen LogP contribution in [0.3, 0.4) is 0 Å². The summed E-state index contributed by atoms with van der Waals surface area (Å²) in [7, 11) is 1.98. The van der Waals surface area contributed by atoms with Crippen LogP contribution in [0.5, 0.6) is 0 Å². The maximum atomic E-state index is 11.1. The number of nitro benzene ring substituents is 1. The number of benzene rings is 1. The number of piperidine rings is 1. The summed E-state index contributed by atoms with van der Waals surface area (Å²) in [4.78, 5) is 13.1. The van der Waals surface area contributed by atoms with Gasteiger partial charge in [-0.3, -0.25) is 15.0 Å². The minimum Gasteiger partial charge on any atom is -0.316 e. The van der Waals surface area contributed by atoms with E-state index in [1.165, 1.54) is 6.42 Å². The summed E-state index contributed by atoms with van der Waals surface area (Å²) in [6, 6.07) is 7.62. The lowest BCUT2D eigenvalue weighted by Gasteiger charge is -2.36. The third-order valence-corrected chi connectivity index (χ3v) is 3.99. The van der Waals surface area contributed by atoms with E-state index in [4.69, 9.17) is 0 Å². The minimum atomic E-state index is -0.286. The van der Waals surface area contributed by atoms with Gasteiger partial charge >= 0.3 is 0 Å². The number of hydrogen-bond acceptors (Lipinski definition) is 4. The highest BCUT2D eigenvalue weighted by molar-refractivity contribution is 5.41. The van der Waals surface area contributed by atoms with Crippen molar-refractivity contribution in [1.29, 1.82) is 0 Å². The maximum Gasteiger partial charge on any atom is 0.274 e. The molecule has 0 spiro atoms. The maximum absolute atomic E-state index is 11.1. The lowest BCUT2D eigenvalue weighted by Crippen LogP contribution is -2.45. The van der Waals surface area contributed by atoms with E-state index in [-0.39, 0.29) is 16.7 Å². The van der Waals surface area contributed by atoms with Crippen molar-refractivity contribution in [3.05, 3.63) is 39.9 Å². The number of likely N-dealkylation sites (tertiary alicyclic amines) is 1. The zero-order chi connectivity index (χ0) is 13.8. The first-order valence-corrected chi connectivity index (χ1v) is 6.78. The average molecular weight is 263 g/mol. The van der Waals surface area contributed by atoms with Crippen LogP contribution in [0.15, 0.2) is 24.3 Å². The van der Waals surface area contributed by atoms with Gasteiger partial charge in [-0.2, -0.15) is 0 Å². The molecule has 1 aromatic carbocycles. The highest BCUT2D eigenvalue weighted by Gasteiger charge is 2.27. The molecule has 1 N–H and O–H groups in total. The van der Waals surface area contributed by atoms with Gasteiger partial charge in [0.1, 0.15) is 0 Å². The van der Waals surface area contributed by atoms with Gasteiger partial charge in [0.2, 0.25) is 0 Å². The molecule has 0 amide bonds. The average Bonchev–Trinajstić information content (AvgIpc) is 2.46. The molecule has 5 heteroatoms. The monoisotopic (exact) mass is 263 g/mol. The Bertz CT molecular complexity index is 450. The smallest absolute Gasteiger partial charge is 0.274 e. The van der Waals surface area contributed by atoms with Gasteiger partial charge in [-0.05, 0) is 33.4 Å². The third-order valence-electron chi connectivity index (χ3n) is 3.99. The van der Waals surface area contributed by atoms with Crippen molar-refractivity contribution in [3.8, 4) is 0 Å². The lowest BCUT2D eigenvalue weighted by molar-refractivity contribution is -0.386. The fourth-order valence-corrected chi connectivity index (χ4v) is 2.80. The standard InChI is InChI=1S/C14H21N3O2/c1-11(16-9-5-6-12(10-16)15-2)13-7-3-4-8-14(13)17(18)19/h3-4,7-8,11-12,15H,5-6,9-10H2,1-2H3. The molecule has 0 saturated carbocycles. The second-order valence-corrected chi connectivity index (χ2v) is 5.11. The van der Waals surface area contributed by atoms with Crippen LogP contribution in [-0.2, 0) is 0 Å². The molecule has 5 nitrogen and oxygen atoms in total. The third kappa shape index (κ3) is 3.11. The first-order valence-electron chi connectivity index (χ1n) is 6.78. The van der Waals surface area contributed by atoms with E-state index < -0.39 is 0 Å². The molecule has 1 saturated heterocycles. The molecule has 0 aliphatic carbocycles. The van der Waals surface area contributed by atoms with E-state index in [1.807, 2.05) is 19.2 Å². The number of para-hydroxylation sites is 1. The molecule has 1 aliphatic rings. The molecular formula is C14H21N3O2. The molecule has 1 heterocycles. The van der Waals surface area contributed by atoms with Crippen LogP contribution in [0.2, 0.25) is 0 Å². The van der Waals surface area contributed by atoms with E-state index in [2.05, 4.69) is 17.1 Å². The largest absolute Gasteiger partial charge is 0.316 e. The Balaban J connectivity index is 2.19. The molecule has 2 rings (SSSR count).